The van der Waals surface area contributed by atoms with Crippen LogP contribution in [0.25, 0.3) is 5.57 Å². The molecule has 0 saturated heterocycles. The Morgan fingerprint density at radius 3 is 2.50 bits per heavy atom. The van der Waals surface area contributed by atoms with E-state index in [0.717, 1.165) is 21.8 Å². The zero-order valence-corrected chi connectivity index (χ0v) is 11.7. The van der Waals surface area contributed by atoms with Crippen molar-refractivity contribution in [2.75, 3.05) is 7.11 Å². The highest BCUT2D eigenvalue weighted by molar-refractivity contribution is 7.73. The third-order valence-corrected chi connectivity index (χ3v) is 3.82. The summed E-state index contributed by atoms with van der Waals surface area (Å²) in [5, 5.41) is 9.82. The van der Waals surface area contributed by atoms with Crippen LogP contribution in [-0.2, 0) is 0 Å². The standard InChI is InChI=1S/C13H13NO2S2/c1-3-10(11-12(15)14-13(17)18-11)8-4-6-9(16-2)7-5-8/h3-7,15H,1-2H3,(H,14,17)/b10-3-. The molecule has 94 valence electrons. The Balaban J connectivity index is 2.46. The summed E-state index contributed by atoms with van der Waals surface area (Å²) >= 11 is 6.39. The van der Waals surface area contributed by atoms with Gasteiger partial charge in [-0.1, -0.05) is 18.2 Å². The first-order valence-corrected chi connectivity index (χ1v) is 6.61. The minimum atomic E-state index is 0.119. The number of aromatic nitrogens is 1. The molecule has 0 spiro atoms. The molecular formula is C13H13NO2S2. The maximum absolute atomic E-state index is 9.82. The van der Waals surface area contributed by atoms with E-state index in [0.29, 0.717) is 3.95 Å². The summed E-state index contributed by atoms with van der Waals surface area (Å²) in [4.78, 5) is 3.50. The lowest BCUT2D eigenvalue weighted by atomic mass is 10.0. The molecule has 0 fully saturated rings. The fourth-order valence-electron chi connectivity index (χ4n) is 1.70. The number of H-pyrrole nitrogens is 1. The van der Waals surface area contributed by atoms with Crippen LogP contribution in [-0.4, -0.2) is 17.2 Å². The Morgan fingerprint density at radius 1 is 1.39 bits per heavy atom. The topological polar surface area (TPSA) is 45.2 Å². The lowest BCUT2D eigenvalue weighted by molar-refractivity contribution is 0.415. The van der Waals surface area contributed by atoms with Crippen molar-refractivity contribution in [2.24, 2.45) is 0 Å². The maximum Gasteiger partial charge on any atom is 0.208 e. The Hall–Kier alpha value is -1.59. The number of thiazole rings is 1. The maximum atomic E-state index is 9.82. The summed E-state index contributed by atoms with van der Waals surface area (Å²) in [5.41, 5.74) is 1.96. The SMILES string of the molecule is C/C=C(/c1ccc(OC)cc1)c1sc(=S)[nH]c1O. The smallest absolute Gasteiger partial charge is 0.208 e. The molecule has 0 aliphatic rings. The van der Waals surface area contributed by atoms with E-state index in [-0.39, 0.29) is 5.88 Å². The van der Waals surface area contributed by atoms with Crippen LogP contribution in [0.3, 0.4) is 0 Å². The summed E-state index contributed by atoms with van der Waals surface area (Å²) in [6, 6.07) is 7.69. The van der Waals surface area contributed by atoms with Gasteiger partial charge in [0.2, 0.25) is 5.88 Å². The Kier molecular flexibility index (Phi) is 3.84. The number of methoxy groups -OCH3 is 1. The minimum Gasteiger partial charge on any atom is -0.497 e. The van der Waals surface area contributed by atoms with Crippen LogP contribution in [0.2, 0.25) is 0 Å². The fraction of sp³-hybridized carbons (Fsp3) is 0.154. The van der Waals surface area contributed by atoms with E-state index in [1.54, 1.807) is 7.11 Å². The van der Waals surface area contributed by atoms with E-state index in [9.17, 15) is 5.11 Å². The third kappa shape index (κ3) is 2.47. The number of nitrogens with one attached hydrogen (secondary N) is 1. The molecule has 1 heterocycles. The van der Waals surface area contributed by atoms with Crippen molar-refractivity contribution in [3.8, 4) is 11.6 Å². The summed E-state index contributed by atoms with van der Waals surface area (Å²) in [6.07, 6.45) is 1.95. The predicted octanol–water partition coefficient (Wildman–Crippen LogP) is 3.97. The van der Waals surface area contributed by atoms with E-state index < -0.39 is 0 Å². The molecule has 1 aromatic heterocycles. The number of benzene rings is 1. The van der Waals surface area contributed by atoms with Crippen molar-refractivity contribution in [3.05, 3.63) is 44.7 Å². The molecule has 0 radical (unpaired) electrons. The number of hydrogen-bond acceptors (Lipinski definition) is 4. The average molecular weight is 279 g/mol. The van der Waals surface area contributed by atoms with E-state index in [4.69, 9.17) is 17.0 Å². The summed E-state index contributed by atoms with van der Waals surface area (Å²) in [7, 11) is 1.63. The molecule has 0 aliphatic carbocycles. The van der Waals surface area contributed by atoms with Crippen LogP contribution in [0.5, 0.6) is 11.6 Å². The van der Waals surface area contributed by atoms with Crippen LogP contribution < -0.4 is 4.74 Å². The largest absolute Gasteiger partial charge is 0.497 e. The number of ether oxygens (including phenoxy) is 1. The number of aromatic amines is 1. The van der Waals surface area contributed by atoms with Crippen LogP contribution in [0.4, 0.5) is 0 Å². The van der Waals surface area contributed by atoms with Crippen molar-refractivity contribution in [1.82, 2.24) is 4.98 Å². The first-order valence-electron chi connectivity index (χ1n) is 5.39. The van der Waals surface area contributed by atoms with Gasteiger partial charge < -0.3 is 14.8 Å². The van der Waals surface area contributed by atoms with Crippen molar-refractivity contribution < 1.29 is 9.84 Å². The van der Waals surface area contributed by atoms with E-state index in [1.807, 2.05) is 37.3 Å². The second-order valence-electron chi connectivity index (χ2n) is 3.62. The van der Waals surface area contributed by atoms with Crippen molar-refractivity contribution in [2.45, 2.75) is 6.92 Å². The van der Waals surface area contributed by atoms with Gasteiger partial charge in [-0.2, -0.15) is 0 Å². The minimum absolute atomic E-state index is 0.119. The lowest BCUT2D eigenvalue weighted by Gasteiger charge is -2.06. The zero-order chi connectivity index (χ0) is 13.1. The van der Waals surface area contributed by atoms with Gasteiger partial charge in [0.15, 0.2) is 3.95 Å². The van der Waals surface area contributed by atoms with Crippen LogP contribution in [0.1, 0.15) is 17.4 Å². The predicted molar refractivity (Wildman–Crippen MR) is 76.9 cm³/mol. The lowest BCUT2D eigenvalue weighted by Crippen LogP contribution is -1.87. The Bertz CT molecular complexity index is 623. The molecule has 0 atom stereocenters. The van der Waals surface area contributed by atoms with Gasteiger partial charge in [0.25, 0.3) is 0 Å². The molecule has 0 bridgehead atoms. The van der Waals surface area contributed by atoms with Crippen LogP contribution in [0, 0.1) is 3.95 Å². The van der Waals surface area contributed by atoms with Gasteiger partial charge in [0.1, 0.15) is 5.75 Å². The summed E-state index contributed by atoms with van der Waals surface area (Å²) < 4.78 is 5.69. The van der Waals surface area contributed by atoms with Gasteiger partial charge in [0.05, 0.1) is 12.0 Å². The second kappa shape index (κ2) is 5.37. The third-order valence-electron chi connectivity index (χ3n) is 2.56. The first kappa shape index (κ1) is 12.9. The van der Waals surface area contributed by atoms with E-state index >= 15 is 0 Å². The number of rotatable bonds is 3. The number of aromatic hydroxyl groups is 1. The highest BCUT2D eigenvalue weighted by Gasteiger charge is 2.12. The monoisotopic (exact) mass is 279 g/mol. The second-order valence-corrected chi connectivity index (χ2v) is 5.31. The highest BCUT2D eigenvalue weighted by atomic mass is 32.1. The summed E-state index contributed by atoms with van der Waals surface area (Å²) in [6.45, 7) is 1.93. The van der Waals surface area contributed by atoms with E-state index in [2.05, 4.69) is 4.98 Å². The average Bonchev–Trinajstić information content (AvgIpc) is 2.70. The number of hydrogen-bond donors (Lipinski definition) is 2. The highest BCUT2D eigenvalue weighted by Crippen LogP contribution is 2.34. The molecule has 1 aromatic carbocycles. The molecule has 2 rings (SSSR count). The van der Waals surface area contributed by atoms with Crippen molar-refractivity contribution in [3.63, 3.8) is 0 Å². The van der Waals surface area contributed by atoms with Crippen molar-refractivity contribution >= 4 is 29.1 Å². The van der Waals surface area contributed by atoms with Gasteiger partial charge in [-0.3, -0.25) is 0 Å². The molecule has 0 unspecified atom stereocenters. The molecule has 18 heavy (non-hydrogen) atoms. The molecule has 5 heteroatoms. The Labute approximate surface area is 114 Å². The molecule has 0 amide bonds. The van der Waals surface area contributed by atoms with Gasteiger partial charge in [-0.25, -0.2) is 0 Å². The first-order chi connectivity index (χ1) is 8.65. The molecule has 3 nitrogen and oxygen atoms in total. The van der Waals surface area contributed by atoms with Gasteiger partial charge in [-0.15, -0.1) is 11.3 Å². The molecule has 0 aliphatic heterocycles. The van der Waals surface area contributed by atoms with Gasteiger partial charge >= 0.3 is 0 Å². The normalized spacial score (nSPS) is 11.6. The van der Waals surface area contributed by atoms with E-state index in [1.165, 1.54) is 11.3 Å². The van der Waals surface area contributed by atoms with Crippen LogP contribution >= 0.6 is 23.6 Å². The van der Waals surface area contributed by atoms with Crippen molar-refractivity contribution in [1.29, 1.82) is 0 Å². The summed E-state index contributed by atoms with van der Waals surface area (Å²) in [5.74, 6) is 0.925. The molecule has 2 N–H and O–H groups in total. The Morgan fingerprint density at radius 2 is 2.06 bits per heavy atom. The fourth-order valence-corrected chi connectivity index (χ4v) is 2.88. The molecule has 0 saturated carbocycles. The van der Waals surface area contributed by atoms with Gasteiger partial charge in [0, 0.05) is 5.57 Å². The van der Waals surface area contributed by atoms with Gasteiger partial charge in [-0.05, 0) is 36.8 Å². The quantitative estimate of drug-likeness (QED) is 0.836. The zero-order valence-electron chi connectivity index (χ0n) is 10.1. The molecular weight excluding hydrogens is 266 g/mol. The molecule has 2 aromatic rings. The number of allylic oxidation sites excluding steroid dienone is 1. The van der Waals surface area contributed by atoms with Crippen LogP contribution in [0.15, 0.2) is 30.3 Å².